The predicted molar refractivity (Wildman–Crippen MR) is 102 cm³/mol. The van der Waals surface area contributed by atoms with Gasteiger partial charge in [0.2, 0.25) is 11.8 Å². The lowest BCUT2D eigenvalue weighted by atomic mass is 10.0. The zero-order chi connectivity index (χ0) is 21.2. The summed E-state index contributed by atoms with van der Waals surface area (Å²) >= 11 is 0. The molecule has 10 heteroatoms. The monoisotopic (exact) mass is 396 g/mol. The average Bonchev–Trinajstić information content (AvgIpc) is 2.58. The molecule has 10 nitrogen and oxygen atoms in total. The van der Waals surface area contributed by atoms with Crippen molar-refractivity contribution < 1.29 is 19.1 Å². The minimum atomic E-state index is -0.533. The average molecular weight is 396 g/mol. The topological polar surface area (TPSA) is 128 Å². The molecule has 0 radical (unpaired) electrons. The van der Waals surface area contributed by atoms with Crippen LogP contribution in [0.3, 0.4) is 0 Å². The predicted octanol–water partition coefficient (Wildman–Crippen LogP) is 0.909. The minimum Gasteiger partial charge on any atom is -0.375 e. The van der Waals surface area contributed by atoms with Gasteiger partial charge in [0.25, 0.3) is 0 Å². The van der Waals surface area contributed by atoms with Crippen molar-refractivity contribution in [1.82, 2.24) is 31.0 Å². The molecule has 0 saturated heterocycles. The van der Waals surface area contributed by atoms with E-state index < -0.39 is 11.2 Å². The van der Waals surface area contributed by atoms with E-state index in [4.69, 9.17) is 9.47 Å². The molecule has 0 aromatic carbocycles. The number of hydrogen-bond donors (Lipinski definition) is 2. The first-order valence-corrected chi connectivity index (χ1v) is 9.43. The first kappa shape index (κ1) is 23.8. The van der Waals surface area contributed by atoms with Crippen LogP contribution in [0.15, 0.2) is 0 Å². The van der Waals surface area contributed by atoms with Gasteiger partial charge in [0.1, 0.15) is 0 Å². The largest absolute Gasteiger partial charge is 0.375 e. The second-order valence-electron chi connectivity index (χ2n) is 7.52. The molecular formula is C18H32N6O4. The maximum Gasteiger partial charge on any atom is 0.223 e. The van der Waals surface area contributed by atoms with Crippen molar-refractivity contribution in [3.05, 3.63) is 11.6 Å². The Morgan fingerprint density at radius 3 is 1.36 bits per heavy atom. The number of nitrogens with one attached hydrogen (secondary N) is 2. The highest BCUT2D eigenvalue weighted by Crippen LogP contribution is 2.14. The van der Waals surface area contributed by atoms with E-state index in [-0.39, 0.29) is 49.4 Å². The number of hydrogen-bond acceptors (Lipinski definition) is 8. The van der Waals surface area contributed by atoms with Gasteiger partial charge in [-0.1, -0.05) is 0 Å². The molecule has 0 aliphatic heterocycles. The lowest BCUT2D eigenvalue weighted by Crippen LogP contribution is -2.35. The fourth-order valence-corrected chi connectivity index (χ4v) is 2.55. The van der Waals surface area contributed by atoms with Crippen LogP contribution in [0.2, 0.25) is 0 Å². The Morgan fingerprint density at radius 1 is 0.750 bits per heavy atom. The fourth-order valence-electron chi connectivity index (χ4n) is 2.55. The lowest BCUT2D eigenvalue weighted by molar-refractivity contribution is -0.128. The Balaban J connectivity index is 2.41. The van der Waals surface area contributed by atoms with Gasteiger partial charge in [0.15, 0.2) is 11.6 Å². The fraction of sp³-hybridized carbons (Fsp3) is 0.778. The third-order valence-electron chi connectivity index (χ3n) is 3.69. The summed E-state index contributed by atoms with van der Waals surface area (Å²) in [6, 6.07) is 0. The van der Waals surface area contributed by atoms with Gasteiger partial charge >= 0.3 is 0 Å². The number of nitrogens with zero attached hydrogens (tertiary/aromatic N) is 4. The Bertz CT molecular complexity index is 578. The Morgan fingerprint density at radius 2 is 1.07 bits per heavy atom. The van der Waals surface area contributed by atoms with Crippen LogP contribution in [0, 0.1) is 0 Å². The quantitative estimate of drug-likeness (QED) is 0.533. The van der Waals surface area contributed by atoms with Crippen molar-refractivity contribution in [2.24, 2.45) is 0 Å². The third-order valence-corrected chi connectivity index (χ3v) is 3.69. The number of amides is 2. The molecule has 2 amide bonds. The summed E-state index contributed by atoms with van der Waals surface area (Å²) in [5.74, 6) is 0.232. The third kappa shape index (κ3) is 9.65. The van der Waals surface area contributed by atoms with Gasteiger partial charge in [0, 0.05) is 13.2 Å². The SMILES string of the molecule is CCOC(C)(C)CC(=O)NCc1nnc(CNC(=O)CC(C)(C)OCC)nn1. The second kappa shape index (κ2) is 11.0. The molecule has 0 aliphatic rings. The van der Waals surface area contributed by atoms with Crippen LogP contribution in [0.4, 0.5) is 0 Å². The summed E-state index contributed by atoms with van der Waals surface area (Å²) < 4.78 is 11.0. The van der Waals surface area contributed by atoms with E-state index in [9.17, 15) is 9.59 Å². The van der Waals surface area contributed by atoms with Crippen LogP contribution in [0.25, 0.3) is 0 Å². The van der Waals surface area contributed by atoms with Gasteiger partial charge in [-0.2, -0.15) is 0 Å². The zero-order valence-corrected chi connectivity index (χ0v) is 17.7. The summed E-state index contributed by atoms with van der Waals surface area (Å²) in [5.41, 5.74) is -1.07. The molecule has 0 spiro atoms. The van der Waals surface area contributed by atoms with Crippen molar-refractivity contribution in [2.45, 2.75) is 78.7 Å². The first-order valence-electron chi connectivity index (χ1n) is 9.43. The molecule has 1 rings (SSSR count). The highest BCUT2D eigenvalue weighted by Gasteiger charge is 2.23. The number of carbonyl (C=O) groups is 2. The molecule has 0 fully saturated rings. The van der Waals surface area contributed by atoms with E-state index in [1.54, 1.807) is 0 Å². The molecule has 158 valence electrons. The molecule has 1 aromatic rings. The van der Waals surface area contributed by atoms with Crippen LogP contribution >= 0.6 is 0 Å². The van der Waals surface area contributed by atoms with E-state index >= 15 is 0 Å². The molecule has 0 aliphatic carbocycles. The summed E-state index contributed by atoms with van der Waals surface area (Å²) in [6.45, 7) is 12.5. The van der Waals surface area contributed by atoms with E-state index in [1.165, 1.54) is 0 Å². The summed E-state index contributed by atoms with van der Waals surface area (Å²) in [4.78, 5) is 23.9. The van der Waals surface area contributed by atoms with Crippen molar-refractivity contribution >= 4 is 11.8 Å². The summed E-state index contributed by atoms with van der Waals surface area (Å²) in [7, 11) is 0. The molecule has 28 heavy (non-hydrogen) atoms. The summed E-state index contributed by atoms with van der Waals surface area (Å²) in [6.07, 6.45) is 0.452. The number of aromatic nitrogens is 4. The van der Waals surface area contributed by atoms with E-state index in [1.807, 2.05) is 41.5 Å². The van der Waals surface area contributed by atoms with Gasteiger partial charge in [0.05, 0.1) is 37.1 Å². The maximum absolute atomic E-state index is 12.0. The first-order chi connectivity index (χ1) is 13.1. The Hall–Kier alpha value is -2.20. The van der Waals surface area contributed by atoms with Gasteiger partial charge < -0.3 is 20.1 Å². The summed E-state index contributed by atoms with van der Waals surface area (Å²) in [5, 5.41) is 21.1. The minimum absolute atomic E-state index is 0.121. The van der Waals surface area contributed by atoms with Crippen LogP contribution in [-0.2, 0) is 32.2 Å². The maximum atomic E-state index is 12.0. The van der Waals surface area contributed by atoms with E-state index in [2.05, 4.69) is 31.0 Å². The molecule has 2 N–H and O–H groups in total. The zero-order valence-electron chi connectivity index (χ0n) is 17.7. The van der Waals surface area contributed by atoms with Crippen LogP contribution in [-0.4, -0.2) is 56.6 Å². The van der Waals surface area contributed by atoms with Gasteiger partial charge in [-0.3, -0.25) is 9.59 Å². The normalized spacial score (nSPS) is 11.9. The molecule has 0 bridgehead atoms. The smallest absolute Gasteiger partial charge is 0.223 e. The van der Waals surface area contributed by atoms with Gasteiger partial charge in [-0.05, 0) is 41.5 Å². The van der Waals surface area contributed by atoms with Crippen LogP contribution < -0.4 is 10.6 Å². The van der Waals surface area contributed by atoms with Crippen LogP contribution in [0.1, 0.15) is 66.0 Å². The molecule has 1 aromatic heterocycles. The highest BCUT2D eigenvalue weighted by atomic mass is 16.5. The van der Waals surface area contributed by atoms with Crippen molar-refractivity contribution in [2.75, 3.05) is 13.2 Å². The van der Waals surface area contributed by atoms with Crippen molar-refractivity contribution in [3.8, 4) is 0 Å². The van der Waals surface area contributed by atoms with E-state index in [0.29, 0.717) is 13.2 Å². The standard InChI is InChI=1S/C18H32N6O4/c1-7-27-17(3,4)9-15(25)19-11-13-21-23-14(24-22-13)12-20-16(26)10-18(5,6)28-8-2/h7-12H2,1-6H3,(H,19,25)(H,20,26). The molecule has 0 saturated carbocycles. The van der Waals surface area contributed by atoms with Crippen molar-refractivity contribution in [1.29, 1.82) is 0 Å². The molecule has 1 heterocycles. The van der Waals surface area contributed by atoms with Gasteiger partial charge in [-0.25, -0.2) is 0 Å². The van der Waals surface area contributed by atoms with Crippen molar-refractivity contribution in [3.63, 3.8) is 0 Å². The number of ether oxygens (including phenoxy) is 2. The number of rotatable bonds is 12. The lowest BCUT2D eigenvalue weighted by Gasteiger charge is -2.23. The van der Waals surface area contributed by atoms with E-state index in [0.717, 1.165) is 0 Å². The van der Waals surface area contributed by atoms with Crippen LogP contribution in [0.5, 0.6) is 0 Å². The number of carbonyl (C=O) groups excluding carboxylic acids is 2. The Kier molecular flexibility index (Phi) is 9.33. The second-order valence-corrected chi connectivity index (χ2v) is 7.52. The van der Waals surface area contributed by atoms with Gasteiger partial charge in [-0.15, -0.1) is 20.4 Å². The molecular weight excluding hydrogens is 364 g/mol. The Labute approximate surface area is 166 Å². The highest BCUT2D eigenvalue weighted by molar-refractivity contribution is 5.77. The molecule has 0 unspecified atom stereocenters. The molecule has 0 atom stereocenters.